The fraction of sp³-hybridized carbons (Fsp3) is 0.294. The molecule has 2 N–H and O–H groups in total. The number of thiophene rings is 1. The van der Waals surface area contributed by atoms with Gasteiger partial charge in [0.05, 0.1) is 5.39 Å². The number of hydrogen-bond donors (Lipinski definition) is 2. The first-order valence-corrected chi connectivity index (χ1v) is 9.91. The Kier molecular flexibility index (Phi) is 3.57. The molecule has 2 aliphatic heterocycles. The van der Waals surface area contributed by atoms with Crippen LogP contribution in [0.1, 0.15) is 15.3 Å². The first-order valence-electron chi connectivity index (χ1n) is 8.10. The van der Waals surface area contributed by atoms with E-state index in [9.17, 15) is 0 Å². The molecule has 5 rings (SSSR count). The third-order valence-electron chi connectivity index (χ3n) is 4.45. The van der Waals surface area contributed by atoms with E-state index >= 15 is 0 Å². The molecule has 24 heavy (non-hydrogen) atoms. The zero-order chi connectivity index (χ0) is 15.9. The molecule has 2 aliphatic rings. The average molecular weight is 355 g/mol. The summed E-state index contributed by atoms with van der Waals surface area (Å²) in [6.07, 6.45) is 6.97. The molecule has 0 saturated carbocycles. The molecular formula is C17H17N5S2. The second-order valence-corrected chi connectivity index (χ2v) is 8.23. The van der Waals surface area contributed by atoms with Crippen LogP contribution in [0.5, 0.6) is 0 Å². The van der Waals surface area contributed by atoms with Crippen LogP contribution in [-0.2, 0) is 13.0 Å². The lowest BCUT2D eigenvalue weighted by Gasteiger charge is -2.25. The van der Waals surface area contributed by atoms with Gasteiger partial charge in [0.1, 0.15) is 17.8 Å². The highest BCUT2D eigenvalue weighted by molar-refractivity contribution is 8.08. The van der Waals surface area contributed by atoms with Crippen LogP contribution in [0, 0.1) is 0 Å². The van der Waals surface area contributed by atoms with Crippen molar-refractivity contribution in [1.29, 1.82) is 0 Å². The maximum Gasteiger partial charge on any atom is 0.145 e. The van der Waals surface area contributed by atoms with Crippen LogP contribution in [0.2, 0.25) is 0 Å². The number of nitrogens with zero attached hydrogens (tertiary/aromatic N) is 3. The van der Waals surface area contributed by atoms with Gasteiger partial charge in [-0.15, -0.1) is 23.1 Å². The van der Waals surface area contributed by atoms with Crippen LogP contribution in [0.3, 0.4) is 0 Å². The molecule has 7 heteroatoms. The number of nitrogens with one attached hydrogen (secondary N) is 2. The minimum atomic E-state index is 0.894. The Labute approximate surface area is 148 Å². The Bertz CT molecular complexity index is 903. The quantitative estimate of drug-likeness (QED) is 0.739. The first kappa shape index (κ1) is 14.5. The predicted molar refractivity (Wildman–Crippen MR) is 101 cm³/mol. The first-order chi connectivity index (χ1) is 11.9. The maximum absolute atomic E-state index is 4.53. The third kappa shape index (κ3) is 2.44. The highest BCUT2D eigenvalue weighted by Crippen LogP contribution is 2.39. The van der Waals surface area contributed by atoms with Gasteiger partial charge >= 0.3 is 0 Å². The molecule has 5 heterocycles. The largest absolute Gasteiger partial charge is 0.346 e. The topological polar surface area (TPSA) is 56.8 Å². The van der Waals surface area contributed by atoms with Gasteiger partial charge in [0.2, 0.25) is 0 Å². The van der Waals surface area contributed by atoms with Gasteiger partial charge < -0.3 is 15.2 Å². The Morgan fingerprint density at radius 2 is 2.25 bits per heavy atom. The maximum atomic E-state index is 4.53. The van der Waals surface area contributed by atoms with E-state index in [1.807, 2.05) is 29.3 Å². The summed E-state index contributed by atoms with van der Waals surface area (Å²) in [6, 6.07) is 4.41. The smallest absolute Gasteiger partial charge is 0.145 e. The van der Waals surface area contributed by atoms with E-state index in [0.717, 1.165) is 48.7 Å². The van der Waals surface area contributed by atoms with Crippen molar-refractivity contribution in [2.24, 2.45) is 0 Å². The summed E-state index contributed by atoms with van der Waals surface area (Å²) in [5.41, 5.74) is 2.36. The molecule has 122 valence electrons. The molecule has 5 nitrogen and oxygen atoms in total. The summed E-state index contributed by atoms with van der Waals surface area (Å²) in [5, 5.41) is 4.54. The molecule has 0 amide bonds. The number of aromatic nitrogens is 3. The van der Waals surface area contributed by atoms with Crippen LogP contribution in [-0.4, -0.2) is 33.8 Å². The normalized spacial score (nSPS) is 17.8. The van der Waals surface area contributed by atoms with Crippen LogP contribution in [0.25, 0.3) is 15.9 Å². The van der Waals surface area contributed by atoms with E-state index in [4.69, 9.17) is 0 Å². The van der Waals surface area contributed by atoms with Gasteiger partial charge in [-0.1, -0.05) is 0 Å². The second kappa shape index (κ2) is 5.91. The van der Waals surface area contributed by atoms with Gasteiger partial charge in [0, 0.05) is 52.4 Å². The van der Waals surface area contributed by atoms with Crippen LogP contribution in [0.15, 0.2) is 30.9 Å². The fourth-order valence-corrected chi connectivity index (χ4v) is 5.56. The number of fused-ring (bicyclic) bond motifs is 2. The summed E-state index contributed by atoms with van der Waals surface area (Å²) in [4.78, 5) is 18.5. The molecule has 0 bridgehead atoms. The average Bonchev–Trinajstić information content (AvgIpc) is 3.28. The Morgan fingerprint density at radius 3 is 3.21 bits per heavy atom. The summed E-state index contributed by atoms with van der Waals surface area (Å²) < 4.78 is 0. The van der Waals surface area contributed by atoms with Gasteiger partial charge in [0.15, 0.2) is 0 Å². The number of anilines is 1. The molecule has 3 aromatic rings. The molecule has 0 aromatic carbocycles. The van der Waals surface area contributed by atoms with Gasteiger partial charge in [-0.3, -0.25) is 0 Å². The van der Waals surface area contributed by atoms with E-state index in [1.54, 1.807) is 6.33 Å². The minimum absolute atomic E-state index is 0.894. The van der Waals surface area contributed by atoms with Gasteiger partial charge in [-0.25, -0.2) is 9.97 Å². The van der Waals surface area contributed by atoms with E-state index < -0.39 is 0 Å². The lowest BCUT2D eigenvalue weighted by molar-refractivity contribution is 0.653. The number of thioether (sulfide) groups is 1. The minimum Gasteiger partial charge on any atom is -0.346 e. The Morgan fingerprint density at radius 1 is 1.25 bits per heavy atom. The molecule has 3 aromatic heterocycles. The van der Waals surface area contributed by atoms with Crippen molar-refractivity contribution in [3.63, 3.8) is 0 Å². The van der Waals surface area contributed by atoms with Crippen molar-refractivity contribution in [3.8, 4) is 0 Å². The molecule has 0 saturated heterocycles. The van der Waals surface area contributed by atoms with Crippen LogP contribution < -0.4 is 10.2 Å². The lowest BCUT2D eigenvalue weighted by Crippen LogP contribution is -2.24. The second-order valence-electron chi connectivity index (χ2n) is 5.96. The zero-order valence-corrected chi connectivity index (χ0v) is 14.7. The summed E-state index contributed by atoms with van der Waals surface area (Å²) in [6.45, 7) is 3.07. The monoisotopic (exact) mass is 355 g/mol. The fourth-order valence-electron chi connectivity index (χ4n) is 3.26. The summed E-state index contributed by atoms with van der Waals surface area (Å²) in [7, 11) is 0. The zero-order valence-electron chi connectivity index (χ0n) is 13.1. The SMILES string of the molecule is C1=C(c2cc3c(s2)CCNC3)SCCN1c1ncnc2[nH]ccc12. The van der Waals surface area contributed by atoms with Crippen molar-refractivity contribution < 1.29 is 0 Å². The molecule has 0 fully saturated rings. The van der Waals surface area contributed by atoms with Gasteiger partial charge in [-0.2, -0.15) is 0 Å². The van der Waals surface area contributed by atoms with Crippen molar-refractivity contribution in [2.75, 3.05) is 23.7 Å². The Hall–Kier alpha value is -1.83. The van der Waals surface area contributed by atoms with Crippen LogP contribution in [0.4, 0.5) is 5.82 Å². The number of aromatic amines is 1. The lowest BCUT2D eigenvalue weighted by atomic mass is 10.1. The van der Waals surface area contributed by atoms with E-state index in [1.165, 1.54) is 20.2 Å². The molecule has 0 atom stereocenters. The molecule has 0 spiro atoms. The highest BCUT2D eigenvalue weighted by atomic mass is 32.2. The standard InChI is InChI=1S/C17H17N5S2/c1-4-19-16-12(1)17(21-10-20-16)22-5-6-23-15(9-22)14-7-11-8-18-3-2-13(11)24-14/h1,4,7,9-10,18H,2-3,5-6,8H2,(H,19,20,21). The predicted octanol–water partition coefficient (Wildman–Crippen LogP) is 3.22. The van der Waals surface area contributed by atoms with Crippen molar-refractivity contribution in [3.05, 3.63) is 46.2 Å². The highest BCUT2D eigenvalue weighted by Gasteiger charge is 2.20. The van der Waals surface area contributed by atoms with Gasteiger partial charge in [0.25, 0.3) is 0 Å². The van der Waals surface area contributed by atoms with Crippen molar-refractivity contribution >= 4 is 44.9 Å². The number of hydrogen-bond acceptors (Lipinski definition) is 6. The van der Waals surface area contributed by atoms with E-state index in [-0.39, 0.29) is 0 Å². The van der Waals surface area contributed by atoms with Gasteiger partial charge in [-0.05, 0) is 24.1 Å². The third-order valence-corrected chi connectivity index (χ3v) is 6.87. The van der Waals surface area contributed by atoms with E-state index in [2.05, 4.69) is 43.5 Å². The molecule has 0 aliphatic carbocycles. The summed E-state index contributed by atoms with van der Waals surface area (Å²) >= 11 is 3.89. The van der Waals surface area contributed by atoms with Crippen molar-refractivity contribution in [2.45, 2.75) is 13.0 Å². The number of rotatable bonds is 2. The number of H-pyrrole nitrogens is 1. The van der Waals surface area contributed by atoms with E-state index in [0.29, 0.717) is 0 Å². The van der Waals surface area contributed by atoms with Crippen LogP contribution >= 0.6 is 23.1 Å². The Balaban J connectivity index is 1.53. The molecular weight excluding hydrogens is 338 g/mol. The van der Waals surface area contributed by atoms with Crippen molar-refractivity contribution in [1.82, 2.24) is 20.3 Å². The molecule has 0 radical (unpaired) electrons. The summed E-state index contributed by atoms with van der Waals surface area (Å²) in [5.74, 6) is 2.06. The molecule has 0 unspecified atom stereocenters.